The molecule has 4 aromatic rings. The van der Waals surface area contributed by atoms with Crippen LogP contribution in [0.1, 0.15) is 161 Å². The van der Waals surface area contributed by atoms with Gasteiger partial charge >= 0.3 is 17.3 Å². The van der Waals surface area contributed by atoms with Crippen molar-refractivity contribution in [3.05, 3.63) is 68.0 Å². The number of H-pyrrole nitrogens is 2. The molecule has 6 aliphatic rings. The van der Waals surface area contributed by atoms with Crippen molar-refractivity contribution >= 4 is 79.9 Å². The van der Waals surface area contributed by atoms with Gasteiger partial charge in [-0.25, -0.2) is 53.5 Å². The number of benzene rings is 2. The number of hydrogen-bond donors (Lipinski definition) is 6. The first kappa shape index (κ1) is 70.3. The summed E-state index contributed by atoms with van der Waals surface area (Å²) in [5.41, 5.74) is 0.956. The van der Waals surface area contributed by atoms with Crippen molar-refractivity contribution in [3.63, 3.8) is 0 Å². The molecule has 2 amide bonds. The van der Waals surface area contributed by atoms with E-state index in [1.807, 2.05) is 4.90 Å². The van der Waals surface area contributed by atoms with E-state index in [2.05, 4.69) is 25.9 Å². The summed E-state index contributed by atoms with van der Waals surface area (Å²) in [5.74, 6) is -15.3. The van der Waals surface area contributed by atoms with E-state index < -0.39 is 64.3 Å². The average Bonchev–Trinajstić information content (AvgIpc) is 1.94. The molecule has 0 bridgehead atoms. The van der Waals surface area contributed by atoms with Crippen LogP contribution in [0, 0.1) is 35.3 Å². The fraction of sp³-hybridized carbons (Fsp3) is 0.655. The zero-order chi connectivity index (χ0) is 64.2. The highest BCUT2D eigenvalue weighted by molar-refractivity contribution is 6.64. The van der Waals surface area contributed by atoms with Gasteiger partial charge in [0.05, 0.1) is 51.5 Å². The van der Waals surface area contributed by atoms with Crippen molar-refractivity contribution in [2.45, 2.75) is 164 Å². The topological polar surface area (TPSA) is 238 Å². The van der Waals surface area contributed by atoms with E-state index in [0.717, 1.165) is 25.9 Å². The Bertz CT molecular complexity index is 3120. The van der Waals surface area contributed by atoms with Gasteiger partial charge in [-0.3, -0.25) is 42.8 Å². The number of fused-ring (bicyclic) bond motifs is 2. The molecule has 4 heterocycles. The monoisotopic (exact) mass is 1290 g/mol. The van der Waals surface area contributed by atoms with Gasteiger partial charge in [0.25, 0.3) is 11.8 Å². The third kappa shape index (κ3) is 19.6. The molecule has 6 fully saturated rings. The summed E-state index contributed by atoms with van der Waals surface area (Å²) in [6.45, 7) is 3.06. The lowest BCUT2D eigenvalue weighted by Crippen LogP contribution is -2.41. The second-order valence-corrected chi connectivity index (χ2v) is 23.8. The molecule has 484 valence electrons. The number of Topliss-reactive ketones (excluding diaryl/α,β-unsaturated/α-hetero) is 2. The number of likely N-dealkylation sites (tertiary alicyclic amines) is 1. The van der Waals surface area contributed by atoms with Crippen molar-refractivity contribution in [2.24, 2.45) is 23.7 Å². The number of hydrogen-bond acceptors (Lipinski definition) is 10. The number of carbonyl (C=O) groups excluding carboxylic acids is 5. The summed E-state index contributed by atoms with van der Waals surface area (Å²) in [6, 6.07) is 5.08. The van der Waals surface area contributed by atoms with E-state index in [9.17, 15) is 82.3 Å². The molecule has 2 aromatic carbocycles. The van der Waals surface area contributed by atoms with Crippen molar-refractivity contribution in [3.8, 4) is 0 Å². The third-order valence-corrected chi connectivity index (χ3v) is 17.7. The zero-order valence-corrected chi connectivity index (χ0v) is 49.8. The molecule has 2 aromatic heterocycles. The Morgan fingerprint density at radius 3 is 1.23 bits per heavy atom. The molecule has 0 unspecified atom stereocenters. The van der Waals surface area contributed by atoms with Crippen molar-refractivity contribution < 1.29 is 77.8 Å². The van der Waals surface area contributed by atoms with Crippen LogP contribution in [0.5, 0.6) is 0 Å². The Hall–Kier alpha value is -5.80. The SMILES string of the molecule is CNC(=O)c1cc2[nH]c(=O)n(C3CCN(CC(=O)C4CCC(F)(F)CC4)CC3)c2cc1F.CNC(=O)c1cc2[nH]c(=O)n(C3CCNCC3)c2cc1F.O=C(CCl)C1CCC(F)(F)CC1.O=C(Cl)C1CCC(F)(F)CC1.O=C(O)C1CCC(F)(F)CC1. The highest BCUT2D eigenvalue weighted by atomic mass is 35.5. The maximum atomic E-state index is 14.5. The standard InChI is InChI=1S/C22H27F3N4O3.C14H17FN4O2.C8H11ClF2O.C7H9ClF2O.C7H10F2O2/c1-26-20(31)15-10-17-18(11-16(15)23)29(21(32)27-17)14-4-8-28(9-5-14)12-19(30)13-2-6-22(24,25)7-3-13;1-16-13(20)9-6-11-12(7-10(9)15)19(14(21)18-11)8-2-4-17-5-3-8;9-5-7(12)6-1-3-8(10,11)4-2-6;8-6(11)5-1-3-7(9,10)4-2-5;8-7(9)3-1-5(2-4-7)6(10)11/h10-11,13-14H,2-9,12H2,1H3,(H,26,31)(H,27,32);6-8,17H,2-5H2,1H3,(H,16,20)(H,18,21);6H,1-5H2;5H,1-4H2;5H,1-4H2,(H,10,11). The first-order chi connectivity index (χ1) is 40.9. The Kier molecular flexibility index (Phi) is 24.7. The average molecular weight is 1290 g/mol. The Balaban J connectivity index is 0.000000189. The van der Waals surface area contributed by atoms with Crippen LogP contribution in [-0.2, 0) is 19.2 Å². The number of aliphatic carboxylic acids is 1. The fourth-order valence-corrected chi connectivity index (χ4v) is 12.2. The van der Waals surface area contributed by atoms with Gasteiger partial charge < -0.3 is 31.0 Å². The minimum absolute atomic E-state index is 0.00649. The van der Waals surface area contributed by atoms with Crippen LogP contribution in [0.25, 0.3) is 22.1 Å². The number of nitrogens with zero attached hydrogens (tertiary/aromatic N) is 3. The maximum Gasteiger partial charge on any atom is 0.326 e. The highest BCUT2D eigenvalue weighted by Gasteiger charge is 2.41. The van der Waals surface area contributed by atoms with E-state index in [4.69, 9.17) is 28.3 Å². The summed E-state index contributed by atoms with van der Waals surface area (Å²) in [4.78, 5) is 100.0. The van der Waals surface area contributed by atoms with Gasteiger partial charge in [0.15, 0.2) is 5.78 Å². The summed E-state index contributed by atoms with van der Waals surface area (Å²) in [7, 11) is 2.84. The number of imidazole rings is 2. The van der Waals surface area contributed by atoms with Gasteiger partial charge in [0.1, 0.15) is 17.4 Å². The Morgan fingerprint density at radius 1 is 0.540 bits per heavy atom. The Morgan fingerprint density at radius 2 is 0.885 bits per heavy atom. The first-order valence-electron chi connectivity index (χ1n) is 29.2. The van der Waals surface area contributed by atoms with Crippen LogP contribution >= 0.6 is 23.2 Å². The lowest BCUT2D eigenvalue weighted by atomic mass is 9.84. The molecule has 29 heteroatoms. The first-order valence-corrected chi connectivity index (χ1v) is 30.1. The third-order valence-electron chi connectivity index (χ3n) is 17.1. The second kappa shape index (κ2) is 30.6. The number of aromatic nitrogens is 4. The van der Waals surface area contributed by atoms with E-state index in [-0.39, 0.29) is 166 Å². The summed E-state index contributed by atoms with van der Waals surface area (Å²) >= 11 is 10.5. The number of carbonyl (C=O) groups is 6. The van der Waals surface area contributed by atoms with E-state index in [1.165, 1.54) is 42.9 Å². The Labute approximate surface area is 504 Å². The predicted octanol–water partition coefficient (Wildman–Crippen LogP) is 10.7. The van der Waals surface area contributed by atoms with Crippen molar-refractivity contribution in [1.29, 1.82) is 0 Å². The second-order valence-electron chi connectivity index (χ2n) is 23.2. The summed E-state index contributed by atoms with van der Waals surface area (Å²) < 4.78 is 133. The molecule has 0 radical (unpaired) electrons. The lowest BCUT2D eigenvalue weighted by molar-refractivity contribution is -0.146. The van der Waals surface area contributed by atoms with Crippen LogP contribution in [0.2, 0.25) is 0 Å². The molecule has 4 saturated carbocycles. The maximum absolute atomic E-state index is 14.5. The molecule has 2 aliphatic heterocycles. The minimum Gasteiger partial charge on any atom is -0.481 e. The van der Waals surface area contributed by atoms with Gasteiger partial charge in [-0.1, -0.05) is 0 Å². The normalized spacial score (nSPS) is 21.1. The number of alkyl halides is 9. The molecule has 0 spiro atoms. The largest absolute Gasteiger partial charge is 0.481 e. The van der Waals surface area contributed by atoms with Crippen LogP contribution < -0.4 is 27.3 Å². The molecular formula is C58H74Cl2F10N8O9. The smallest absolute Gasteiger partial charge is 0.326 e. The molecule has 17 nitrogen and oxygen atoms in total. The zero-order valence-electron chi connectivity index (χ0n) is 48.2. The fourth-order valence-electron chi connectivity index (χ4n) is 11.8. The number of rotatable bonds is 11. The van der Waals surface area contributed by atoms with E-state index in [0.29, 0.717) is 60.8 Å². The molecule has 87 heavy (non-hydrogen) atoms. The van der Waals surface area contributed by atoms with Crippen LogP contribution in [0.15, 0.2) is 33.9 Å². The van der Waals surface area contributed by atoms with Crippen LogP contribution in [0.3, 0.4) is 0 Å². The van der Waals surface area contributed by atoms with Crippen molar-refractivity contribution in [2.75, 3.05) is 52.7 Å². The molecule has 4 aliphatic carbocycles. The van der Waals surface area contributed by atoms with E-state index >= 15 is 0 Å². The number of piperidine rings is 2. The number of ketones is 2. The molecule has 10 rings (SSSR count). The molecule has 2 saturated heterocycles. The predicted molar refractivity (Wildman–Crippen MR) is 305 cm³/mol. The molecule has 0 atom stereocenters. The number of halogens is 12. The lowest BCUT2D eigenvalue weighted by Gasteiger charge is -2.34. The van der Waals surface area contributed by atoms with Crippen LogP contribution in [-0.4, -0.2) is 140 Å². The van der Waals surface area contributed by atoms with E-state index in [1.54, 1.807) is 4.57 Å². The number of amides is 2. The van der Waals surface area contributed by atoms with Gasteiger partial charge in [-0.15, -0.1) is 11.6 Å². The number of carboxylic acid groups (broad SMARTS) is 1. The summed E-state index contributed by atoms with van der Waals surface area (Å²) in [6.07, 6.45) is 2.85. The summed E-state index contributed by atoms with van der Waals surface area (Å²) in [5, 5.41) is 16.0. The van der Waals surface area contributed by atoms with Gasteiger partial charge in [0, 0.05) is 121 Å². The van der Waals surface area contributed by atoms with Gasteiger partial charge in [-0.05, 0) is 114 Å². The van der Waals surface area contributed by atoms with Crippen LogP contribution in [0.4, 0.5) is 43.9 Å². The minimum atomic E-state index is -2.65. The molecular weight excluding hydrogens is 1210 g/mol. The van der Waals surface area contributed by atoms with Gasteiger partial charge in [-0.2, -0.15) is 0 Å². The number of carboxylic acids is 1. The number of aromatic amines is 2. The van der Waals surface area contributed by atoms with Crippen molar-refractivity contribution in [1.82, 2.24) is 40.0 Å². The van der Waals surface area contributed by atoms with Gasteiger partial charge in [0.2, 0.25) is 28.9 Å². The molecule has 6 N–H and O–H groups in total. The highest BCUT2D eigenvalue weighted by Crippen LogP contribution is 2.40. The number of nitrogens with one attached hydrogen (secondary N) is 5. The quantitative estimate of drug-likeness (QED) is 0.0469.